The number of nitrogens with one attached hydrogen (secondary N) is 1. The van der Waals surface area contributed by atoms with Crippen molar-refractivity contribution < 1.29 is 14.3 Å². The Labute approximate surface area is 146 Å². The summed E-state index contributed by atoms with van der Waals surface area (Å²) in [7, 11) is 2.77. The number of aromatic nitrogens is 2. The van der Waals surface area contributed by atoms with Gasteiger partial charge in [0.15, 0.2) is 0 Å². The van der Waals surface area contributed by atoms with Crippen LogP contribution in [0.1, 0.15) is 41.4 Å². The Hall–Kier alpha value is -2.34. The van der Waals surface area contributed by atoms with Gasteiger partial charge in [0.2, 0.25) is 5.88 Å². The van der Waals surface area contributed by atoms with Gasteiger partial charge in [0.05, 0.1) is 25.6 Å². The lowest BCUT2D eigenvalue weighted by Gasteiger charge is -2.18. The Bertz CT molecular complexity index is 763. The molecule has 0 aliphatic heterocycles. The van der Waals surface area contributed by atoms with Gasteiger partial charge >= 0.3 is 5.97 Å². The van der Waals surface area contributed by atoms with Gasteiger partial charge in [0.25, 0.3) is 0 Å². The van der Waals surface area contributed by atoms with Crippen molar-refractivity contribution in [3.8, 4) is 5.88 Å². The highest BCUT2D eigenvalue weighted by Gasteiger charge is 2.20. The van der Waals surface area contributed by atoms with Crippen LogP contribution in [0.25, 0.3) is 0 Å². The van der Waals surface area contributed by atoms with Crippen molar-refractivity contribution in [3.05, 3.63) is 40.2 Å². The van der Waals surface area contributed by atoms with Crippen LogP contribution in [0, 0.1) is 6.92 Å². The molecular formula is C17H20ClN3O3. The largest absolute Gasteiger partial charge is 0.480 e. The normalized spacial score (nSPS) is 10.6. The molecule has 0 radical (unpaired) electrons. The van der Waals surface area contributed by atoms with Crippen LogP contribution in [0.3, 0.4) is 0 Å². The number of hydrogen-bond donors (Lipinski definition) is 1. The maximum atomic E-state index is 12.1. The highest BCUT2D eigenvalue weighted by atomic mass is 35.5. The third-order valence-corrected chi connectivity index (χ3v) is 3.79. The molecule has 0 atom stereocenters. The highest BCUT2D eigenvalue weighted by molar-refractivity contribution is 6.32. The van der Waals surface area contributed by atoms with Crippen LogP contribution < -0.4 is 10.1 Å². The van der Waals surface area contributed by atoms with E-state index in [2.05, 4.69) is 15.3 Å². The number of pyridine rings is 2. The van der Waals surface area contributed by atoms with Gasteiger partial charge < -0.3 is 14.8 Å². The summed E-state index contributed by atoms with van der Waals surface area (Å²) in [6.07, 6.45) is 1.76. The van der Waals surface area contributed by atoms with Gasteiger partial charge in [-0.3, -0.25) is 4.98 Å². The first kappa shape index (κ1) is 18.0. The van der Waals surface area contributed by atoms with Crippen molar-refractivity contribution in [2.45, 2.75) is 26.7 Å². The van der Waals surface area contributed by atoms with Gasteiger partial charge in [-0.2, -0.15) is 4.98 Å². The zero-order valence-corrected chi connectivity index (χ0v) is 15.1. The molecule has 0 bridgehead atoms. The third kappa shape index (κ3) is 3.59. The van der Waals surface area contributed by atoms with Crippen molar-refractivity contribution in [1.82, 2.24) is 9.97 Å². The second kappa shape index (κ2) is 7.49. The third-order valence-electron chi connectivity index (χ3n) is 3.52. The molecule has 24 heavy (non-hydrogen) atoms. The molecule has 0 amide bonds. The van der Waals surface area contributed by atoms with Gasteiger partial charge in [-0.15, -0.1) is 0 Å². The minimum Gasteiger partial charge on any atom is -0.480 e. The highest BCUT2D eigenvalue weighted by Crippen LogP contribution is 2.33. The average molecular weight is 350 g/mol. The first-order chi connectivity index (χ1) is 11.4. The predicted octanol–water partition coefficient (Wildman–Crippen LogP) is 4.10. The Morgan fingerprint density at radius 3 is 2.62 bits per heavy atom. The lowest BCUT2D eigenvalue weighted by molar-refractivity contribution is 0.0601. The van der Waals surface area contributed by atoms with Crippen molar-refractivity contribution in [3.63, 3.8) is 0 Å². The molecule has 0 saturated carbocycles. The molecule has 2 heterocycles. The summed E-state index contributed by atoms with van der Waals surface area (Å²) in [5, 5.41) is 3.43. The van der Waals surface area contributed by atoms with Crippen LogP contribution in [0.5, 0.6) is 5.88 Å². The van der Waals surface area contributed by atoms with E-state index >= 15 is 0 Å². The number of carbonyl (C=O) groups is 1. The summed E-state index contributed by atoms with van der Waals surface area (Å²) < 4.78 is 9.97. The molecule has 2 aromatic heterocycles. The summed E-state index contributed by atoms with van der Waals surface area (Å²) in [4.78, 5) is 20.8. The number of carbonyl (C=O) groups excluding carboxylic acids is 1. The van der Waals surface area contributed by atoms with Crippen LogP contribution >= 0.6 is 11.6 Å². The second-order valence-electron chi connectivity index (χ2n) is 5.54. The van der Waals surface area contributed by atoms with E-state index in [9.17, 15) is 4.79 Å². The number of nitrogens with zero attached hydrogens (tertiary/aromatic N) is 2. The first-order valence-electron chi connectivity index (χ1n) is 7.44. The molecule has 128 valence electrons. The molecule has 7 heteroatoms. The van der Waals surface area contributed by atoms with Crippen molar-refractivity contribution in [2.24, 2.45) is 0 Å². The Morgan fingerprint density at radius 2 is 2.04 bits per heavy atom. The van der Waals surface area contributed by atoms with Crippen molar-refractivity contribution in [2.75, 3.05) is 19.5 Å². The van der Waals surface area contributed by atoms with Crippen LogP contribution in [0.15, 0.2) is 18.3 Å². The molecule has 0 aliphatic carbocycles. The van der Waals surface area contributed by atoms with E-state index < -0.39 is 5.97 Å². The van der Waals surface area contributed by atoms with E-state index in [-0.39, 0.29) is 22.4 Å². The molecule has 0 aromatic carbocycles. The Kier molecular flexibility index (Phi) is 5.62. The summed E-state index contributed by atoms with van der Waals surface area (Å²) in [6, 6.07) is 3.36. The summed E-state index contributed by atoms with van der Waals surface area (Å²) in [5.41, 5.74) is 2.89. The van der Waals surface area contributed by atoms with Crippen molar-refractivity contribution >= 4 is 29.1 Å². The van der Waals surface area contributed by atoms with Gasteiger partial charge in [0, 0.05) is 6.20 Å². The maximum Gasteiger partial charge on any atom is 0.341 e. The van der Waals surface area contributed by atoms with Crippen LogP contribution in [-0.2, 0) is 4.74 Å². The lowest BCUT2D eigenvalue weighted by Crippen LogP contribution is -2.11. The van der Waals surface area contributed by atoms with E-state index in [1.807, 2.05) is 26.8 Å². The number of halogens is 1. The van der Waals surface area contributed by atoms with Crippen LogP contribution in [-0.4, -0.2) is 30.2 Å². The monoisotopic (exact) mass is 349 g/mol. The molecule has 0 fully saturated rings. The van der Waals surface area contributed by atoms with E-state index in [1.54, 1.807) is 6.20 Å². The zero-order valence-electron chi connectivity index (χ0n) is 14.3. The van der Waals surface area contributed by atoms with E-state index in [0.717, 1.165) is 16.9 Å². The average Bonchev–Trinajstić information content (AvgIpc) is 2.56. The number of aryl methyl sites for hydroxylation is 1. The van der Waals surface area contributed by atoms with Gasteiger partial charge in [-0.1, -0.05) is 25.4 Å². The van der Waals surface area contributed by atoms with Crippen LogP contribution in [0.4, 0.5) is 11.5 Å². The fourth-order valence-corrected chi connectivity index (χ4v) is 2.50. The molecule has 0 spiro atoms. The molecule has 0 unspecified atom stereocenters. The van der Waals surface area contributed by atoms with Gasteiger partial charge in [-0.05, 0) is 30.5 Å². The maximum absolute atomic E-state index is 12.1. The predicted molar refractivity (Wildman–Crippen MR) is 93.5 cm³/mol. The molecule has 1 N–H and O–H groups in total. The first-order valence-corrected chi connectivity index (χ1v) is 7.82. The zero-order chi connectivity index (χ0) is 17.9. The van der Waals surface area contributed by atoms with E-state index in [1.165, 1.54) is 20.3 Å². The topological polar surface area (TPSA) is 73.3 Å². The fourth-order valence-electron chi connectivity index (χ4n) is 2.27. The smallest absolute Gasteiger partial charge is 0.341 e. The van der Waals surface area contributed by atoms with Gasteiger partial charge in [0.1, 0.15) is 16.4 Å². The quantitative estimate of drug-likeness (QED) is 0.819. The lowest BCUT2D eigenvalue weighted by atomic mass is 10.0. The number of hydrogen-bond acceptors (Lipinski definition) is 6. The Balaban J connectivity index is 2.59. The summed E-state index contributed by atoms with van der Waals surface area (Å²) in [5.74, 6) is 0.186. The number of anilines is 2. The second-order valence-corrected chi connectivity index (χ2v) is 5.94. The minimum absolute atomic E-state index is 0.197. The molecule has 2 aromatic rings. The molecule has 6 nitrogen and oxygen atoms in total. The number of rotatable bonds is 5. The Morgan fingerprint density at radius 1 is 1.33 bits per heavy atom. The fraction of sp³-hybridized carbons (Fsp3) is 0.353. The molecule has 0 aliphatic rings. The number of ether oxygens (including phenoxy) is 2. The summed E-state index contributed by atoms with van der Waals surface area (Å²) in [6.45, 7) is 6.05. The number of esters is 1. The van der Waals surface area contributed by atoms with E-state index in [0.29, 0.717) is 5.82 Å². The standard InChI is InChI=1S/C17H20ClN3O3/c1-9(2)13-14(10(3)6-7-19-13)20-15-11(17(22)24-5)8-12(18)16(21-15)23-4/h6-9H,1-5H3,(H,20,21). The van der Waals surface area contributed by atoms with E-state index in [4.69, 9.17) is 21.1 Å². The molecule has 0 saturated heterocycles. The van der Waals surface area contributed by atoms with Crippen LogP contribution in [0.2, 0.25) is 5.02 Å². The minimum atomic E-state index is -0.540. The SMILES string of the molecule is COC(=O)c1cc(Cl)c(OC)nc1Nc1c(C)ccnc1C(C)C. The summed E-state index contributed by atoms with van der Waals surface area (Å²) >= 11 is 6.08. The number of methoxy groups -OCH3 is 2. The van der Waals surface area contributed by atoms with Gasteiger partial charge in [-0.25, -0.2) is 4.79 Å². The van der Waals surface area contributed by atoms with Crippen molar-refractivity contribution in [1.29, 1.82) is 0 Å². The molecular weight excluding hydrogens is 330 g/mol. The molecule has 2 rings (SSSR count).